The van der Waals surface area contributed by atoms with Crippen molar-refractivity contribution in [3.63, 3.8) is 0 Å². The highest BCUT2D eigenvalue weighted by atomic mass is 16.5. The van der Waals surface area contributed by atoms with Crippen LogP contribution in [-0.4, -0.2) is 28.8 Å². The SMILES string of the molecule is COc1cc2ccccc2cc1C(=O)NN=Cc1cc(C)n(-c2cccnc2)c1C. The van der Waals surface area contributed by atoms with E-state index in [9.17, 15) is 4.79 Å². The van der Waals surface area contributed by atoms with Crippen molar-refractivity contribution in [1.82, 2.24) is 15.0 Å². The number of methoxy groups -OCH3 is 1. The van der Waals surface area contributed by atoms with E-state index in [-0.39, 0.29) is 5.91 Å². The zero-order valence-electron chi connectivity index (χ0n) is 17.1. The Bertz CT molecular complexity index is 1240. The molecule has 6 nitrogen and oxygen atoms in total. The van der Waals surface area contributed by atoms with Crippen LogP contribution in [0.15, 0.2) is 72.1 Å². The highest BCUT2D eigenvalue weighted by Gasteiger charge is 2.14. The van der Waals surface area contributed by atoms with Crippen molar-refractivity contribution < 1.29 is 9.53 Å². The first-order chi connectivity index (χ1) is 14.6. The molecule has 2 heterocycles. The smallest absolute Gasteiger partial charge is 0.275 e. The lowest BCUT2D eigenvalue weighted by atomic mass is 10.1. The minimum atomic E-state index is -0.324. The molecular weight excluding hydrogens is 376 g/mol. The number of benzene rings is 2. The van der Waals surface area contributed by atoms with E-state index >= 15 is 0 Å². The molecule has 1 amide bonds. The van der Waals surface area contributed by atoms with Crippen LogP contribution in [0.4, 0.5) is 0 Å². The minimum Gasteiger partial charge on any atom is -0.496 e. The van der Waals surface area contributed by atoms with Gasteiger partial charge in [0.1, 0.15) is 5.75 Å². The quantitative estimate of drug-likeness (QED) is 0.400. The Morgan fingerprint density at radius 3 is 2.57 bits per heavy atom. The van der Waals surface area contributed by atoms with Crippen molar-refractivity contribution in [2.24, 2.45) is 5.10 Å². The number of hydrogen-bond acceptors (Lipinski definition) is 4. The Labute approximate surface area is 174 Å². The second kappa shape index (κ2) is 8.21. The van der Waals surface area contributed by atoms with Crippen LogP contribution >= 0.6 is 0 Å². The number of aromatic nitrogens is 2. The number of pyridine rings is 1. The van der Waals surface area contributed by atoms with Gasteiger partial charge in [-0.2, -0.15) is 5.10 Å². The van der Waals surface area contributed by atoms with Crippen LogP contribution < -0.4 is 10.2 Å². The van der Waals surface area contributed by atoms with Crippen molar-refractivity contribution in [1.29, 1.82) is 0 Å². The molecule has 0 aliphatic heterocycles. The third-order valence-corrected chi connectivity index (χ3v) is 5.06. The molecule has 0 spiro atoms. The fourth-order valence-corrected chi connectivity index (χ4v) is 3.59. The summed E-state index contributed by atoms with van der Waals surface area (Å²) in [5.41, 5.74) is 7.03. The van der Waals surface area contributed by atoms with Gasteiger partial charge in [-0.3, -0.25) is 9.78 Å². The first kappa shape index (κ1) is 19.4. The lowest BCUT2D eigenvalue weighted by molar-refractivity contribution is 0.0952. The molecule has 0 atom stereocenters. The van der Waals surface area contributed by atoms with Gasteiger partial charge in [0.25, 0.3) is 5.91 Å². The summed E-state index contributed by atoms with van der Waals surface area (Å²) in [7, 11) is 1.55. The first-order valence-electron chi connectivity index (χ1n) is 9.58. The standard InChI is InChI=1S/C24H22N4O2/c1-16-11-20(17(2)28(16)21-9-6-10-25-15-21)14-26-27-24(29)22-12-18-7-4-5-8-19(18)13-23(22)30-3/h4-15H,1-3H3,(H,27,29). The van der Waals surface area contributed by atoms with Crippen LogP contribution in [0, 0.1) is 13.8 Å². The number of amides is 1. The molecule has 4 aromatic rings. The number of fused-ring (bicyclic) bond motifs is 1. The molecule has 6 heteroatoms. The third-order valence-electron chi connectivity index (χ3n) is 5.06. The van der Waals surface area contributed by atoms with Crippen LogP contribution in [0.2, 0.25) is 0 Å². The van der Waals surface area contributed by atoms with E-state index in [0.717, 1.165) is 33.4 Å². The van der Waals surface area contributed by atoms with Gasteiger partial charge in [-0.1, -0.05) is 24.3 Å². The van der Waals surface area contributed by atoms with Crippen molar-refractivity contribution in [2.45, 2.75) is 13.8 Å². The number of ether oxygens (including phenoxy) is 1. The maximum atomic E-state index is 12.7. The van der Waals surface area contributed by atoms with Gasteiger partial charge in [0.2, 0.25) is 0 Å². The number of hydrazone groups is 1. The fraction of sp³-hybridized carbons (Fsp3) is 0.125. The van der Waals surface area contributed by atoms with Gasteiger partial charge in [0.15, 0.2) is 0 Å². The van der Waals surface area contributed by atoms with E-state index in [1.807, 2.05) is 74.6 Å². The molecule has 0 saturated heterocycles. The molecule has 0 radical (unpaired) electrons. The van der Waals surface area contributed by atoms with E-state index in [2.05, 4.69) is 20.1 Å². The Balaban J connectivity index is 1.57. The third kappa shape index (κ3) is 3.67. The highest BCUT2D eigenvalue weighted by molar-refractivity contribution is 6.02. The Morgan fingerprint density at radius 2 is 1.87 bits per heavy atom. The monoisotopic (exact) mass is 398 g/mol. The predicted octanol–water partition coefficient (Wildman–Crippen LogP) is 4.41. The maximum absolute atomic E-state index is 12.7. The van der Waals surface area contributed by atoms with Crippen molar-refractivity contribution in [3.8, 4) is 11.4 Å². The van der Waals surface area contributed by atoms with E-state index in [1.165, 1.54) is 0 Å². The molecule has 0 aliphatic carbocycles. The van der Waals surface area contributed by atoms with Gasteiger partial charge in [-0.25, -0.2) is 5.43 Å². The molecule has 0 bridgehead atoms. The van der Waals surface area contributed by atoms with Crippen LogP contribution in [-0.2, 0) is 0 Å². The van der Waals surface area contributed by atoms with Crippen molar-refractivity contribution in [2.75, 3.05) is 7.11 Å². The number of aryl methyl sites for hydroxylation is 1. The first-order valence-corrected chi connectivity index (χ1v) is 9.58. The topological polar surface area (TPSA) is 68.5 Å². The average Bonchev–Trinajstić information content (AvgIpc) is 3.06. The second-order valence-electron chi connectivity index (χ2n) is 6.97. The molecule has 150 valence electrons. The van der Waals surface area contributed by atoms with Crippen LogP contribution in [0.1, 0.15) is 27.3 Å². The molecule has 4 rings (SSSR count). The Morgan fingerprint density at radius 1 is 1.10 bits per heavy atom. The van der Waals surface area contributed by atoms with Crippen molar-refractivity contribution >= 4 is 22.9 Å². The summed E-state index contributed by atoms with van der Waals surface area (Å²) in [4.78, 5) is 16.9. The molecule has 2 aromatic heterocycles. The maximum Gasteiger partial charge on any atom is 0.275 e. The molecule has 0 aliphatic rings. The van der Waals surface area contributed by atoms with Crippen LogP contribution in [0.3, 0.4) is 0 Å². The summed E-state index contributed by atoms with van der Waals surface area (Å²) in [6, 6.07) is 17.4. The molecule has 30 heavy (non-hydrogen) atoms. The lowest BCUT2D eigenvalue weighted by Gasteiger charge is -2.09. The zero-order valence-corrected chi connectivity index (χ0v) is 17.1. The van der Waals surface area contributed by atoms with Gasteiger partial charge in [-0.15, -0.1) is 0 Å². The van der Waals surface area contributed by atoms with Gasteiger partial charge >= 0.3 is 0 Å². The molecular formula is C24H22N4O2. The number of nitrogens with one attached hydrogen (secondary N) is 1. The highest BCUT2D eigenvalue weighted by Crippen LogP contribution is 2.26. The minimum absolute atomic E-state index is 0.324. The Hall–Kier alpha value is -3.93. The van der Waals surface area contributed by atoms with E-state index < -0.39 is 0 Å². The van der Waals surface area contributed by atoms with E-state index in [4.69, 9.17) is 4.74 Å². The predicted molar refractivity (Wildman–Crippen MR) is 119 cm³/mol. The summed E-state index contributed by atoms with van der Waals surface area (Å²) in [6.07, 6.45) is 5.21. The zero-order chi connectivity index (χ0) is 21.1. The van der Waals surface area contributed by atoms with Gasteiger partial charge in [0.05, 0.1) is 30.8 Å². The summed E-state index contributed by atoms with van der Waals surface area (Å²) >= 11 is 0. The van der Waals surface area contributed by atoms with Crippen LogP contribution in [0.25, 0.3) is 16.5 Å². The van der Waals surface area contributed by atoms with Gasteiger partial charge < -0.3 is 9.30 Å². The summed E-state index contributed by atoms with van der Waals surface area (Å²) in [5, 5.41) is 6.15. The van der Waals surface area contributed by atoms with Gasteiger partial charge in [0, 0.05) is 23.1 Å². The molecule has 0 fully saturated rings. The largest absolute Gasteiger partial charge is 0.496 e. The lowest BCUT2D eigenvalue weighted by Crippen LogP contribution is -2.18. The number of hydrogen-bond donors (Lipinski definition) is 1. The second-order valence-corrected chi connectivity index (χ2v) is 6.97. The molecule has 0 unspecified atom stereocenters. The summed E-state index contributed by atoms with van der Waals surface area (Å²) in [5.74, 6) is 0.186. The number of rotatable bonds is 5. The van der Waals surface area contributed by atoms with Gasteiger partial charge in [-0.05, 0) is 55.0 Å². The fourth-order valence-electron chi connectivity index (χ4n) is 3.59. The number of carbonyl (C=O) groups is 1. The molecule has 1 N–H and O–H groups in total. The van der Waals surface area contributed by atoms with E-state index in [1.54, 1.807) is 19.5 Å². The Kier molecular flexibility index (Phi) is 5.30. The van der Waals surface area contributed by atoms with Crippen LogP contribution in [0.5, 0.6) is 5.75 Å². The van der Waals surface area contributed by atoms with E-state index in [0.29, 0.717) is 11.3 Å². The number of carbonyl (C=O) groups excluding carboxylic acids is 1. The normalized spacial score (nSPS) is 11.2. The summed E-state index contributed by atoms with van der Waals surface area (Å²) in [6.45, 7) is 4.03. The molecule has 0 saturated carbocycles. The molecule has 2 aromatic carbocycles. The average molecular weight is 398 g/mol. The number of nitrogens with zero attached hydrogens (tertiary/aromatic N) is 3. The summed E-state index contributed by atoms with van der Waals surface area (Å²) < 4.78 is 7.50. The van der Waals surface area contributed by atoms with Crippen molar-refractivity contribution in [3.05, 3.63) is 89.5 Å².